The minimum Gasteiger partial charge on any atom is -0.452 e. The van der Waals surface area contributed by atoms with Crippen LogP contribution in [0.15, 0.2) is 48.5 Å². The maximum absolute atomic E-state index is 13.0. The lowest BCUT2D eigenvalue weighted by Crippen LogP contribution is -2.20. The van der Waals surface area contributed by atoms with Crippen molar-refractivity contribution in [2.75, 3.05) is 11.9 Å². The molecular weight excluding hydrogens is 316 g/mol. The molecule has 0 unspecified atom stereocenters. The number of amides is 1. The summed E-state index contributed by atoms with van der Waals surface area (Å²) in [5.74, 6) is -3.43. The summed E-state index contributed by atoms with van der Waals surface area (Å²) in [5.41, 5.74) is 1.96. The summed E-state index contributed by atoms with van der Waals surface area (Å²) < 4.78 is 30.6. The highest BCUT2D eigenvalue weighted by Crippen LogP contribution is 2.13. The first-order valence-corrected chi connectivity index (χ1v) is 7.10. The summed E-state index contributed by atoms with van der Waals surface area (Å²) in [4.78, 5) is 23.2. The molecule has 0 radical (unpaired) electrons. The lowest BCUT2D eigenvalue weighted by Gasteiger charge is -2.05. The van der Waals surface area contributed by atoms with Gasteiger partial charge < -0.3 is 10.1 Å². The third-order valence-corrected chi connectivity index (χ3v) is 3.00. The number of rotatable bonds is 5. The smallest absolute Gasteiger partial charge is 0.331 e. The van der Waals surface area contributed by atoms with Crippen LogP contribution >= 0.6 is 0 Å². The monoisotopic (exact) mass is 331 g/mol. The lowest BCUT2D eigenvalue weighted by atomic mass is 10.1. The molecule has 0 aliphatic carbocycles. The third kappa shape index (κ3) is 5.31. The molecular formula is C18H15F2NO3. The molecule has 0 bridgehead atoms. The summed E-state index contributed by atoms with van der Waals surface area (Å²) in [6.07, 6.45) is 2.78. The van der Waals surface area contributed by atoms with Crippen molar-refractivity contribution in [1.82, 2.24) is 0 Å². The fourth-order valence-electron chi connectivity index (χ4n) is 1.89. The van der Waals surface area contributed by atoms with E-state index in [1.54, 1.807) is 6.08 Å². The van der Waals surface area contributed by atoms with Crippen molar-refractivity contribution in [1.29, 1.82) is 0 Å². The summed E-state index contributed by atoms with van der Waals surface area (Å²) >= 11 is 0. The van der Waals surface area contributed by atoms with E-state index in [2.05, 4.69) is 5.32 Å². The van der Waals surface area contributed by atoms with Crippen LogP contribution in [0.3, 0.4) is 0 Å². The molecule has 0 spiro atoms. The number of ether oxygens (including phenoxy) is 1. The first-order chi connectivity index (χ1) is 11.4. The Hall–Kier alpha value is -3.02. The van der Waals surface area contributed by atoms with Gasteiger partial charge in [-0.05, 0) is 30.7 Å². The molecule has 0 saturated heterocycles. The Kier molecular flexibility index (Phi) is 5.78. The van der Waals surface area contributed by atoms with Gasteiger partial charge in [-0.2, -0.15) is 0 Å². The molecule has 0 aliphatic heterocycles. The van der Waals surface area contributed by atoms with E-state index in [1.807, 2.05) is 31.2 Å². The number of nitrogens with one attached hydrogen (secondary N) is 1. The average Bonchev–Trinajstić information content (AvgIpc) is 2.54. The van der Waals surface area contributed by atoms with Gasteiger partial charge in [0.05, 0.1) is 0 Å². The topological polar surface area (TPSA) is 55.4 Å². The summed E-state index contributed by atoms with van der Waals surface area (Å²) in [7, 11) is 0. The van der Waals surface area contributed by atoms with Crippen molar-refractivity contribution in [2.24, 2.45) is 0 Å². The van der Waals surface area contributed by atoms with E-state index in [0.29, 0.717) is 0 Å². The van der Waals surface area contributed by atoms with Crippen molar-refractivity contribution in [3.8, 4) is 0 Å². The number of carbonyl (C=O) groups is 2. The zero-order valence-electron chi connectivity index (χ0n) is 12.9. The third-order valence-electron chi connectivity index (χ3n) is 3.00. The Morgan fingerprint density at radius 3 is 2.62 bits per heavy atom. The van der Waals surface area contributed by atoms with E-state index in [1.165, 1.54) is 12.1 Å². The van der Waals surface area contributed by atoms with Crippen molar-refractivity contribution in [3.05, 3.63) is 71.3 Å². The number of hydrogen-bond donors (Lipinski definition) is 1. The van der Waals surface area contributed by atoms with Gasteiger partial charge >= 0.3 is 5.97 Å². The molecule has 2 aromatic carbocycles. The molecule has 0 aromatic heterocycles. The van der Waals surface area contributed by atoms with Gasteiger partial charge in [-0.3, -0.25) is 4.79 Å². The van der Waals surface area contributed by atoms with Crippen LogP contribution in [0.5, 0.6) is 0 Å². The second-order valence-corrected chi connectivity index (χ2v) is 5.03. The first kappa shape index (κ1) is 17.3. The molecule has 6 heteroatoms. The molecule has 1 N–H and O–H groups in total. The number of carbonyl (C=O) groups excluding carboxylic acids is 2. The molecule has 0 fully saturated rings. The number of aryl methyl sites for hydroxylation is 1. The average molecular weight is 331 g/mol. The van der Waals surface area contributed by atoms with Crippen molar-refractivity contribution in [3.63, 3.8) is 0 Å². The van der Waals surface area contributed by atoms with Gasteiger partial charge in [0.2, 0.25) is 0 Å². The second kappa shape index (κ2) is 8.01. The number of halogens is 2. The fraction of sp³-hybridized carbons (Fsp3) is 0.111. The largest absolute Gasteiger partial charge is 0.452 e. The zero-order chi connectivity index (χ0) is 17.5. The van der Waals surface area contributed by atoms with E-state index < -0.39 is 30.1 Å². The van der Waals surface area contributed by atoms with Crippen molar-refractivity contribution < 1.29 is 23.1 Å². The SMILES string of the molecule is Cc1cccc(/C=C/C(=O)OCC(=O)Nc2ccc(F)c(F)c2)c1. The molecule has 24 heavy (non-hydrogen) atoms. The Bertz CT molecular complexity index is 788. The predicted molar refractivity (Wildman–Crippen MR) is 86.2 cm³/mol. The predicted octanol–water partition coefficient (Wildman–Crippen LogP) is 3.47. The van der Waals surface area contributed by atoms with Crippen LogP contribution in [0, 0.1) is 18.6 Å². The van der Waals surface area contributed by atoms with Gasteiger partial charge in [-0.1, -0.05) is 29.8 Å². The van der Waals surface area contributed by atoms with Crippen LogP contribution in [0.2, 0.25) is 0 Å². The quantitative estimate of drug-likeness (QED) is 0.674. The van der Waals surface area contributed by atoms with E-state index in [9.17, 15) is 18.4 Å². The number of benzene rings is 2. The molecule has 0 heterocycles. The highest BCUT2D eigenvalue weighted by atomic mass is 19.2. The Balaban J connectivity index is 1.82. The second-order valence-electron chi connectivity index (χ2n) is 5.03. The van der Waals surface area contributed by atoms with Gasteiger partial charge in [-0.25, -0.2) is 13.6 Å². The van der Waals surface area contributed by atoms with Crippen molar-refractivity contribution in [2.45, 2.75) is 6.92 Å². The van der Waals surface area contributed by atoms with E-state index >= 15 is 0 Å². The molecule has 124 valence electrons. The van der Waals surface area contributed by atoms with E-state index in [4.69, 9.17) is 4.74 Å². The Morgan fingerprint density at radius 1 is 1.12 bits per heavy atom. The molecule has 0 atom stereocenters. The maximum Gasteiger partial charge on any atom is 0.331 e. The molecule has 2 rings (SSSR count). The number of anilines is 1. The zero-order valence-corrected chi connectivity index (χ0v) is 12.9. The van der Waals surface area contributed by atoms with Crippen LogP contribution < -0.4 is 5.32 Å². The number of esters is 1. The Morgan fingerprint density at radius 2 is 1.92 bits per heavy atom. The van der Waals surface area contributed by atoms with Crippen LogP contribution in [-0.4, -0.2) is 18.5 Å². The minimum atomic E-state index is -1.08. The van der Waals surface area contributed by atoms with Crippen LogP contribution in [0.25, 0.3) is 6.08 Å². The molecule has 0 saturated carbocycles. The Labute approximate surface area is 137 Å². The molecule has 0 aliphatic rings. The summed E-state index contributed by atoms with van der Waals surface area (Å²) in [6.45, 7) is 1.40. The molecule has 1 amide bonds. The van der Waals surface area contributed by atoms with Gasteiger partial charge in [0.25, 0.3) is 5.91 Å². The number of hydrogen-bond acceptors (Lipinski definition) is 3. The normalized spacial score (nSPS) is 10.6. The molecule has 2 aromatic rings. The summed E-state index contributed by atoms with van der Waals surface area (Å²) in [5, 5.41) is 2.30. The van der Waals surface area contributed by atoms with E-state index in [0.717, 1.165) is 23.3 Å². The van der Waals surface area contributed by atoms with Gasteiger partial charge in [0.15, 0.2) is 18.2 Å². The highest BCUT2D eigenvalue weighted by molar-refractivity contribution is 5.94. The first-order valence-electron chi connectivity index (χ1n) is 7.10. The maximum atomic E-state index is 13.0. The summed E-state index contributed by atoms with van der Waals surface area (Å²) in [6, 6.07) is 10.4. The van der Waals surface area contributed by atoms with Gasteiger partial charge in [0, 0.05) is 17.8 Å². The van der Waals surface area contributed by atoms with Gasteiger partial charge in [0.1, 0.15) is 0 Å². The lowest BCUT2D eigenvalue weighted by molar-refractivity contribution is -0.142. The standard InChI is InChI=1S/C18H15F2NO3/c1-12-3-2-4-13(9-12)5-8-18(23)24-11-17(22)21-14-6-7-15(19)16(20)10-14/h2-10H,11H2,1H3,(H,21,22)/b8-5+. The fourth-order valence-corrected chi connectivity index (χ4v) is 1.89. The molecule has 4 nitrogen and oxygen atoms in total. The van der Waals surface area contributed by atoms with Crippen LogP contribution in [0.4, 0.5) is 14.5 Å². The highest BCUT2D eigenvalue weighted by Gasteiger charge is 2.08. The van der Waals surface area contributed by atoms with Crippen LogP contribution in [-0.2, 0) is 14.3 Å². The van der Waals surface area contributed by atoms with E-state index in [-0.39, 0.29) is 5.69 Å². The minimum absolute atomic E-state index is 0.0743. The van der Waals surface area contributed by atoms with Crippen molar-refractivity contribution >= 4 is 23.6 Å². The van der Waals surface area contributed by atoms with Crippen LogP contribution in [0.1, 0.15) is 11.1 Å². The van der Waals surface area contributed by atoms with Gasteiger partial charge in [-0.15, -0.1) is 0 Å².